The Labute approximate surface area is 93.9 Å². The van der Waals surface area contributed by atoms with Gasteiger partial charge < -0.3 is 20.5 Å². The minimum Gasteiger partial charge on any atom is -0.504 e. The lowest BCUT2D eigenvalue weighted by atomic mass is 10.1. The molecule has 0 spiro atoms. The van der Waals surface area contributed by atoms with Crippen molar-refractivity contribution in [2.45, 2.75) is 0 Å². The molecule has 1 heterocycles. The van der Waals surface area contributed by atoms with Gasteiger partial charge in [0.05, 0.1) is 5.02 Å². The number of hydrogen-bond acceptors (Lipinski definition) is 5. The molecule has 16 heavy (non-hydrogen) atoms. The van der Waals surface area contributed by atoms with Crippen molar-refractivity contribution in [3.05, 3.63) is 23.0 Å². The molecule has 0 saturated heterocycles. The molecular weight excluding hydrogens is 239 g/mol. The molecule has 0 aliphatic rings. The molecule has 7 heteroatoms. The minimum atomic E-state index is -0.923. The number of rotatable bonds is 1. The highest BCUT2D eigenvalue weighted by Crippen LogP contribution is 2.42. The molecule has 0 atom stereocenters. The highest BCUT2D eigenvalue weighted by atomic mass is 35.5. The van der Waals surface area contributed by atoms with Crippen molar-refractivity contribution in [2.24, 2.45) is 0 Å². The number of aromatic nitrogens is 1. The Morgan fingerprint density at radius 3 is 2.62 bits per heavy atom. The van der Waals surface area contributed by atoms with Crippen LogP contribution in [-0.2, 0) is 0 Å². The van der Waals surface area contributed by atoms with E-state index < -0.39 is 17.3 Å². The zero-order valence-corrected chi connectivity index (χ0v) is 8.49. The molecular formula is C9H6ClFN2O3. The summed E-state index contributed by atoms with van der Waals surface area (Å²) in [5.41, 5.74) is 4.91. The van der Waals surface area contributed by atoms with Crippen molar-refractivity contribution in [3.8, 4) is 22.8 Å². The van der Waals surface area contributed by atoms with Crippen LogP contribution in [0.4, 0.5) is 10.2 Å². The smallest absolute Gasteiger partial charge is 0.175 e. The fourth-order valence-electron chi connectivity index (χ4n) is 1.23. The number of phenolic OH excluding ortho intramolecular Hbond substituents is 2. The SMILES string of the molecule is Nc1cc(-c2c(O)c(O)cc(Cl)c2F)on1. The Hall–Kier alpha value is -1.95. The van der Waals surface area contributed by atoms with E-state index in [-0.39, 0.29) is 22.2 Å². The average Bonchev–Trinajstić information content (AvgIpc) is 2.62. The third kappa shape index (κ3) is 1.53. The maximum Gasteiger partial charge on any atom is 0.175 e. The van der Waals surface area contributed by atoms with Crippen LogP contribution in [0.2, 0.25) is 5.02 Å². The summed E-state index contributed by atoms with van der Waals surface area (Å²) in [6, 6.07) is 2.09. The Balaban J connectivity index is 2.73. The van der Waals surface area contributed by atoms with Crippen molar-refractivity contribution >= 4 is 17.4 Å². The Morgan fingerprint density at radius 2 is 2.06 bits per heavy atom. The highest BCUT2D eigenvalue weighted by molar-refractivity contribution is 6.31. The van der Waals surface area contributed by atoms with Crippen molar-refractivity contribution in [1.29, 1.82) is 0 Å². The van der Waals surface area contributed by atoms with Gasteiger partial charge in [0.25, 0.3) is 0 Å². The van der Waals surface area contributed by atoms with Crippen molar-refractivity contribution in [2.75, 3.05) is 5.73 Å². The topological polar surface area (TPSA) is 92.5 Å². The number of anilines is 1. The summed E-state index contributed by atoms with van der Waals surface area (Å²) in [6.07, 6.45) is 0. The van der Waals surface area contributed by atoms with Gasteiger partial charge in [-0.3, -0.25) is 0 Å². The first-order valence-electron chi connectivity index (χ1n) is 4.13. The van der Waals surface area contributed by atoms with Crippen LogP contribution < -0.4 is 5.73 Å². The fraction of sp³-hybridized carbons (Fsp3) is 0. The van der Waals surface area contributed by atoms with Crippen LogP contribution >= 0.6 is 11.6 Å². The lowest BCUT2D eigenvalue weighted by Crippen LogP contribution is -1.86. The second kappa shape index (κ2) is 3.57. The van der Waals surface area contributed by atoms with Gasteiger partial charge in [-0.05, 0) is 0 Å². The van der Waals surface area contributed by atoms with Gasteiger partial charge in [0.1, 0.15) is 5.56 Å². The molecule has 0 aliphatic heterocycles. The van der Waals surface area contributed by atoms with Crippen LogP contribution in [0.5, 0.6) is 11.5 Å². The van der Waals surface area contributed by atoms with Gasteiger partial charge in [-0.1, -0.05) is 16.8 Å². The Kier molecular flexibility index (Phi) is 2.35. The van der Waals surface area contributed by atoms with Crippen LogP contribution in [0.15, 0.2) is 16.7 Å². The monoisotopic (exact) mass is 244 g/mol. The van der Waals surface area contributed by atoms with Crippen molar-refractivity contribution in [3.63, 3.8) is 0 Å². The lowest BCUT2D eigenvalue weighted by molar-refractivity contribution is 0.394. The quantitative estimate of drug-likeness (QED) is 0.668. The van der Waals surface area contributed by atoms with Gasteiger partial charge in [0.2, 0.25) is 0 Å². The number of benzene rings is 1. The first-order chi connectivity index (χ1) is 7.50. The number of nitrogens with zero attached hydrogens (tertiary/aromatic N) is 1. The van der Waals surface area contributed by atoms with Crippen LogP contribution in [0, 0.1) is 5.82 Å². The zero-order valence-electron chi connectivity index (χ0n) is 7.74. The molecule has 1 aromatic heterocycles. The molecule has 0 radical (unpaired) electrons. The number of nitrogens with two attached hydrogens (primary N) is 1. The summed E-state index contributed by atoms with van der Waals surface area (Å²) in [4.78, 5) is 0. The number of halogens is 2. The largest absolute Gasteiger partial charge is 0.504 e. The van der Waals surface area contributed by atoms with Crippen LogP contribution in [0.1, 0.15) is 0 Å². The minimum absolute atomic E-state index is 0.0215. The summed E-state index contributed by atoms with van der Waals surface area (Å²) in [6.45, 7) is 0. The Bertz CT molecular complexity index is 530. The number of nitrogen functional groups attached to an aromatic ring is 1. The summed E-state index contributed by atoms with van der Waals surface area (Å²) < 4.78 is 18.3. The molecule has 0 saturated carbocycles. The average molecular weight is 245 g/mol. The van der Waals surface area contributed by atoms with E-state index >= 15 is 0 Å². The van der Waals surface area contributed by atoms with Gasteiger partial charge >= 0.3 is 0 Å². The maximum atomic E-state index is 13.6. The molecule has 1 aromatic carbocycles. The van der Waals surface area contributed by atoms with Crippen LogP contribution in [0.3, 0.4) is 0 Å². The second-order valence-electron chi connectivity index (χ2n) is 3.03. The predicted octanol–water partition coefficient (Wildman–Crippen LogP) is 2.13. The van der Waals surface area contributed by atoms with E-state index in [4.69, 9.17) is 17.3 Å². The van der Waals surface area contributed by atoms with Crippen molar-refractivity contribution in [1.82, 2.24) is 5.16 Å². The predicted molar refractivity (Wildman–Crippen MR) is 54.6 cm³/mol. The zero-order chi connectivity index (χ0) is 11.9. The summed E-state index contributed by atoms with van der Waals surface area (Å²) in [7, 11) is 0. The molecule has 84 valence electrons. The summed E-state index contributed by atoms with van der Waals surface area (Å²) in [5, 5.41) is 21.8. The van der Waals surface area contributed by atoms with Gasteiger partial charge in [0, 0.05) is 12.1 Å². The molecule has 5 nitrogen and oxygen atoms in total. The molecule has 2 aromatic rings. The second-order valence-corrected chi connectivity index (χ2v) is 3.44. The van der Waals surface area contributed by atoms with Gasteiger partial charge in [0.15, 0.2) is 28.9 Å². The maximum absolute atomic E-state index is 13.6. The Morgan fingerprint density at radius 1 is 1.38 bits per heavy atom. The van der Waals surface area contributed by atoms with Gasteiger partial charge in [-0.25, -0.2) is 4.39 Å². The number of aromatic hydroxyl groups is 2. The normalized spacial score (nSPS) is 10.6. The van der Waals surface area contributed by atoms with Crippen LogP contribution in [-0.4, -0.2) is 15.4 Å². The summed E-state index contributed by atoms with van der Waals surface area (Å²) >= 11 is 5.51. The van der Waals surface area contributed by atoms with E-state index in [1.54, 1.807) is 0 Å². The van der Waals surface area contributed by atoms with Crippen molar-refractivity contribution < 1.29 is 19.1 Å². The first kappa shape index (κ1) is 10.6. The third-order valence-electron chi connectivity index (χ3n) is 1.95. The van der Waals surface area contributed by atoms with Crippen LogP contribution in [0.25, 0.3) is 11.3 Å². The summed E-state index contributed by atoms with van der Waals surface area (Å²) in [5.74, 6) is -2.26. The molecule has 0 bridgehead atoms. The molecule has 4 N–H and O–H groups in total. The molecule has 0 fully saturated rings. The van der Waals surface area contributed by atoms with E-state index in [9.17, 15) is 14.6 Å². The standard InChI is InChI=1S/C9H6ClFN2O3/c10-3-1-4(14)9(15)7(8(3)11)5-2-6(12)13-16-5/h1-2,14-15H,(H2,12,13). The van der Waals surface area contributed by atoms with Gasteiger partial charge in [-0.15, -0.1) is 0 Å². The van der Waals surface area contributed by atoms with E-state index in [0.29, 0.717) is 0 Å². The fourth-order valence-corrected chi connectivity index (χ4v) is 1.43. The van der Waals surface area contributed by atoms with E-state index in [2.05, 4.69) is 9.68 Å². The number of phenols is 2. The highest BCUT2D eigenvalue weighted by Gasteiger charge is 2.21. The third-order valence-corrected chi connectivity index (χ3v) is 2.22. The lowest BCUT2D eigenvalue weighted by Gasteiger charge is -2.05. The van der Waals surface area contributed by atoms with E-state index in [0.717, 1.165) is 6.07 Å². The molecule has 0 aliphatic carbocycles. The molecule has 2 rings (SSSR count). The molecule has 0 amide bonds. The van der Waals surface area contributed by atoms with Gasteiger partial charge in [-0.2, -0.15) is 0 Å². The molecule has 0 unspecified atom stereocenters. The number of hydrogen-bond donors (Lipinski definition) is 3. The first-order valence-corrected chi connectivity index (χ1v) is 4.51. The van der Waals surface area contributed by atoms with E-state index in [1.807, 2.05) is 0 Å². The van der Waals surface area contributed by atoms with E-state index in [1.165, 1.54) is 6.07 Å².